The number of carbonyl (C=O) groups is 1. The minimum atomic E-state index is -0.0654. The molecule has 0 atom stereocenters. The maximum atomic E-state index is 11.0. The number of carbonyl (C=O) groups excluding carboxylic acids is 1. The summed E-state index contributed by atoms with van der Waals surface area (Å²) >= 11 is 0. The van der Waals surface area contributed by atoms with Crippen molar-refractivity contribution in [1.29, 1.82) is 0 Å². The third-order valence-corrected chi connectivity index (χ3v) is 1.89. The van der Waals surface area contributed by atoms with Gasteiger partial charge in [0.25, 0.3) is 0 Å². The zero-order valence-electron chi connectivity index (χ0n) is 7.43. The molecular formula is C8H16N2O2. The molecule has 1 fully saturated rings. The fourth-order valence-corrected chi connectivity index (χ4v) is 1.24. The molecule has 0 aromatic heterocycles. The highest BCUT2D eigenvalue weighted by molar-refractivity contribution is 5.74. The first-order chi connectivity index (χ1) is 5.83. The highest BCUT2D eigenvalue weighted by Crippen LogP contribution is 2.05. The monoisotopic (exact) mass is 172 g/mol. The van der Waals surface area contributed by atoms with E-state index in [-0.39, 0.29) is 6.03 Å². The highest BCUT2D eigenvalue weighted by atomic mass is 16.5. The Balaban J connectivity index is 2.15. The number of hydrogen-bond acceptors (Lipinski definition) is 2. The fraction of sp³-hybridized carbons (Fsp3) is 0.875. The molecule has 0 saturated carbocycles. The highest BCUT2D eigenvalue weighted by Gasteiger charge is 2.14. The molecule has 2 amide bonds. The van der Waals surface area contributed by atoms with Crippen molar-refractivity contribution in [2.75, 3.05) is 19.8 Å². The smallest absolute Gasteiger partial charge is 0.314 e. The normalized spacial score (nSPS) is 18.8. The summed E-state index contributed by atoms with van der Waals surface area (Å²) < 4.78 is 5.17. The van der Waals surface area contributed by atoms with E-state index >= 15 is 0 Å². The standard InChI is InChI=1S/C8H16N2O2/c1-2-9-8(11)10-7-3-5-12-6-4-7/h7H,2-6H2,1H3,(H2,9,10,11). The third kappa shape index (κ3) is 3.09. The Morgan fingerprint density at radius 1 is 1.50 bits per heavy atom. The van der Waals surface area contributed by atoms with Crippen LogP contribution in [0.15, 0.2) is 0 Å². The Morgan fingerprint density at radius 3 is 2.75 bits per heavy atom. The predicted octanol–water partition coefficient (Wildman–Crippen LogP) is 0.484. The molecule has 1 aliphatic rings. The van der Waals surface area contributed by atoms with Gasteiger partial charge >= 0.3 is 6.03 Å². The number of ether oxygens (including phenoxy) is 1. The number of hydrogen-bond donors (Lipinski definition) is 2. The Hall–Kier alpha value is -0.770. The Labute approximate surface area is 72.7 Å². The van der Waals surface area contributed by atoms with Gasteiger partial charge in [0.15, 0.2) is 0 Å². The van der Waals surface area contributed by atoms with E-state index < -0.39 is 0 Å². The number of rotatable bonds is 2. The predicted molar refractivity (Wildman–Crippen MR) is 46.0 cm³/mol. The van der Waals surface area contributed by atoms with Crippen LogP contribution in [0.3, 0.4) is 0 Å². The molecule has 2 N–H and O–H groups in total. The molecule has 1 saturated heterocycles. The van der Waals surface area contributed by atoms with E-state index in [1.54, 1.807) is 0 Å². The van der Waals surface area contributed by atoms with Crippen LogP contribution in [0.1, 0.15) is 19.8 Å². The van der Waals surface area contributed by atoms with Crippen LogP contribution in [-0.2, 0) is 4.74 Å². The second-order valence-electron chi connectivity index (χ2n) is 2.89. The Bertz CT molecular complexity index is 144. The van der Waals surface area contributed by atoms with E-state index in [2.05, 4.69) is 10.6 Å². The van der Waals surface area contributed by atoms with Gasteiger partial charge < -0.3 is 15.4 Å². The van der Waals surface area contributed by atoms with Crippen molar-refractivity contribution in [1.82, 2.24) is 10.6 Å². The van der Waals surface area contributed by atoms with Gasteiger partial charge in [0, 0.05) is 25.8 Å². The van der Waals surface area contributed by atoms with E-state index in [4.69, 9.17) is 4.74 Å². The average molecular weight is 172 g/mol. The topological polar surface area (TPSA) is 50.4 Å². The Morgan fingerprint density at radius 2 is 2.17 bits per heavy atom. The minimum Gasteiger partial charge on any atom is -0.381 e. The molecule has 4 nitrogen and oxygen atoms in total. The van der Waals surface area contributed by atoms with Crippen molar-refractivity contribution in [2.24, 2.45) is 0 Å². The molecule has 0 spiro atoms. The van der Waals surface area contributed by atoms with Crippen LogP contribution in [0.4, 0.5) is 4.79 Å². The van der Waals surface area contributed by atoms with Crippen molar-refractivity contribution < 1.29 is 9.53 Å². The molecule has 0 bridgehead atoms. The third-order valence-electron chi connectivity index (χ3n) is 1.89. The number of urea groups is 1. The Kier molecular flexibility index (Phi) is 3.87. The van der Waals surface area contributed by atoms with Crippen molar-refractivity contribution in [2.45, 2.75) is 25.8 Å². The lowest BCUT2D eigenvalue weighted by molar-refractivity contribution is 0.0801. The summed E-state index contributed by atoms with van der Waals surface area (Å²) in [7, 11) is 0. The lowest BCUT2D eigenvalue weighted by Gasteiger charge is -2.22. The second-order valence-corrected chi connectivity index (χ2v) is 2.89. The van der Waals surface area contributed by atoms with Gasteiger partial charge in [0.05, 0.1) is 0 Å². The molecule has 0 unspecified atom stereocenters. The lowest BCUT2D eigenvalue weighted by Crippen LogP contribution is -2.44. The number of nitrogens with one attached hydrogen (secondary N) is 2. The van der Waals surface area contributed by atoms with E-state index in [1.165, 1.54) is 0 Å². The van der Waals surface area contributed by atoms with Gasteiger partial charge in [-0.15, -0.1) is 0 Å². The van der Waals surface area contributed by atoms with Crippen LogP contribution in [0, 0.1) is 0 Å². The first kappa shape index (κ1) is 9.32. The summed E-state index contributed by atoms with van der Waals surface area (Å²) in [6.45, 7) is 4.10. The SMILES string of the molecule is CCNC(=O)NC1CCOCC1. The van der Waals surface area contributed by atoms with Crippen molar-refractivity contribution in [3.8, 4) is 0 Å². The second kappa shape index (κ2) is 4.98. The van der Waals surface area contributed by atoms with Crippen LogP contribution in [0.25, 0.3) is 0 Å². The van der Waals surface area contributed by atoms with Crippen LogP contribution in [0.5, 0.6) is 0 Å². The summed E-state index contributed by atoms with van der Waals surface area (Å²) in [5.74, 6) is 0. The summed E-state index contributed by atoms with van der Waals surface area (Å²) in [6, 6.07) is 0.231. The molecule has 12 heavy (non-hydrogen) atoms. The fourth-order valence-electron chi connectivity index (χ4n) is 1.24. The van der Waals surface area contributed by atoms with Crippen LogP contribution in [-0.4, -0.2) is 31.8 Å². The summed E-state index contributed by atoms with van der Waals surface area (Å²) in [5, 5.41) is 5.59. The van der Waals surface area contributed by atoms with E-state index in [0.717, 1.165) is 26.1 Å². The van der Waals surface area contributed by atoms with Crippen LogP contribution >= 0.6 is 0 Å². The summed E-state index contributed by atoms with van der Waals surface area (Å²) in [6.07, 6.45) is 1.86. The number of amides is 2. The molecule has 4 heteroatoms. The largest absolute Gasteiger partial charge is 0.381 e. The molecule has 0 aliphatic carbocycles. The first-order valence-electron chi connectivity index (χ1n) is 4.45. The zero-order chi connectivity index (χ0) is 8.81. The summed E-state index contributed by atoms with van der Waals surface area (Å²) in [4.78, 5) is 11.0. The van der Waals surface area contributed by atoms with Crippen molar-refractivity contribution >= 4 is 6.03 Å². The molecule has 1 aliphatic heterocycles. The molecule has 0 aromatic carbocycles. The zero-order valence-corrected chi connectivity index (χ0v) is 7.43. The molecule has 1 heterocycles. The van der Waals surface area contributed by atoms with E-state index in [9.17, 15) is 4.79 Å². The molecule has 0 radical (unpaired) electrons. The summed E-state index contributed by atoms with van der Waals surface area (Å²) in [5.41, 5.74) is 0. The minimum absolute atomic E-state index is 0.0654. The van der Waals surface area contributed by atoms with Crippen LogP contribution < -0.4 is 10.6 Å². The molecule has 1 rings (SSSR count). The van der Waals surface area contributed by atoms with Gasteiger partial charge in [0.1, 0.15) is 0 Å². The maximum absolute atomic E-state index is 11.0. The van der Waals surface area contributed by atoms with Gasteiger partial charge in [-0.2, -0.15) is 0 Å². The van der Waals surface area contributed by atoms with Crippen molar-refractivity contribution in [3.05, 3.63) is 0 Å². The lowest BCUT2D eigenvalue weighted by atomic mass is 10.1. The van der Waals surface area contributed by atoms with Crippen molar-refractivity contribution in [3.63, 3.8) is 0 Å². The van der Waals surface area contributed by atoms with Gasteiger partial charge in [-0.25, -0.2) is 4.79 Å². The first-order valence-corrected chi connectivity index (χ1v) is 4.45. The van der Waals surface area contributed by atoms with Gasteiger partial charge in [-0.05, 0) is 19.8 Å². The van der Waals surface area contributed by atoms with Gasteiger partial charge in [0.2, 0.25) is 0 Å². The van der Waals surface area contributed by atoms with Gasteiger partial charge in [-0.3, -0.25) is 0 Å². The average Bonchev–Trinajstić information content (AvgIpc) is 2.06. The quantitative estimate of drug-likeness (QED) is 0.636. The van der Waals surface area contributed by atoms with E-state index in [1.807, 2.05) is 6.92 Å². The van der Waals surface area contributed by atoms with Crippen LogP contribution in [0.2, 0.25) is 0 Å². The van der Waals surface area contributed by atoms with Gasteiger partial charge in [-0.1, -0.05) is 0 Å². The molecule has 70 valence electrons. The maximum Gasteiger partial charge on any atom is 0.314 e. The molecule has 0 aromatic rings. The molecular weight excluding hydrogens is 156 g/mol. The van der Waals surface area contributed by atoms with E-state index in [0.29, 0.717) is 12.6 Å².